The Morgan fingerprint density at radius 1 is 1.25 bits per heavy atom. The van der Waals surface area contributed by atoms with E-state index in [0.717, 1.165) is 0 Å². The van der Waals surface area contributed by atoms with Gasteiger partial charge in [0.05, 0.1) is 0 Å². The Bertz CT molecular complexity index is 6.00. The van der Waals surface area contributed by atoms with Crippen molar-refractivity contribution >= 4 is 24.9 Å². The average molecular weight is 282 g/mol. The molecule has 0 saturated heterocycles. The van der Waals surface area contributed by atoms with Crippen LogP contribution in [0.5, 0.6) is 0 Å². The summed E-state index contributed by atoms with van der Waals surface area (Å²) in [5.74, 6) is 0. The van der Waals surface area contributed by atoms with E-state index in [1.165, 1.54) is 0 Å². The van der Waals surface area contributed by atoms with Crippen molar-refractivity contribution in [3.8, 4) is 0 Å². The van der Waals surface area contributed by atoms with Crippen LogP contribution in [0.1, 0.15) is 0 Å². The van der Waals surface area contributed by atoms with Crippen molar-refractivity contribution in [1.29, 1.82) is 0 Å². The van der Waals surface area contributed by atoms with Gasteiger partial charge in [-0.15, -0.1) is 0 Å². The zero-order valence-corrected chi connectivity index (χ0v) is 9.05. The Hall–Kier alpha value is 1.58. The zero-order valence-electron chi connectivity index (χ0n) is 2.04. The van der Waals surface area contributed by atoms with E-state index in [2.05, 4.69) is 0 Å². The van der Waals surface area contributed by atoms with Gasteiger partial charge in [-0.05, 0) is 0 Å². The van der Waals surface area contributed by atoms with Crippen LogP contribution in [0.4, 0.5) is 0 Å². The zero-order chi connectivity index (χ0) is 2.71. The third kappa shape index (κ3) is 9.55. The van der Waals surface area contributed by atoms with Crippen molar-refractivity contribution in [2.75, 3.05) is 0 Å². The second kappa shape index (κ2) is 8.82. The normalized spacial score (nSPS) is 2.50. The SMILES string of the molecule is [B].[Cl][Hg][Cl]. The maximum atomic E-state index is 4.99. The summed E-state index contributed by atoms with van der Waals surface area (Å²) in [6.07, 6.45) is 0. The average Bonchev–Trinajstić information content (AvgIpc) is 0.918. The molecule has 0 amide bonds. The summed E-state index contributed by atoms with van der Waals surface area (Å²) in [7, 11) is 9.97. The molecule has 0 aliphatic heterocycles. The van der Waals surface area contributed by atoms with Crippen LogP contribution in [0.2, 0.25) is 0 Å². The number of halogens is 2. The van der Waals surface area contributed by atoms with Crippen LogP contribution in [-0.2, 0) is 22.1 Å². The monoisotopic (exact) mass is 283 g/mol. The molecule has 0 N–H and O–H groups in total. The second-order valence-electron chi connectivity index (χ2n) is 0.101. The first-order valence-electron chi connectivity index (χ1n) is 0.535. The van der Waals surface area contributed by atoms with E-state index < -0.39 is 22.1 Å². The molecular weight excluding hydrogens is 282 g/mol. The first kappa shape index (κ1) is 9.13. The molecule has 4 heteroatoms. The van der Waals surface area contributed by atoms with Gasteiger partial charge in [0.15, 0.2) is 0 Å². The van der Waals surface area contributed by atoms with Gasteiger partial charge >= 0.3 is 38.6 Å². The van der Waals surface area contributed by atoms with Crippen LogP contribution >= 0.6 is 16.5 Å². The molecule has 0 aromatic carbocycles. The molecule has 0 unspecified atom stereocenters. The van der Waals surface area contributed by atoms with Gasteiger partial charge in [-0.2, -0.15) is 0 Å². The molecule has 0 atom stereocenters. The molecule has 0 saturated carbocycles. The standard InChI is InChI=1S/B.2ClH.Hg/h;2*1H;/q;;;+2/p-2. The molecule has 0 aromatic rings. The first-order valence-corrected chi connectivity index (χ1v) is 14.1. The molecule has 0 bridgehead atoms. The first-order chi connectivity index (χ1) is 1.41. The van der Waals surface area contributed by atoms with Gasteiger partial charge in [0.2, 0.25) is 0 Å². The van der Waals surface area contributed by atoms with Crippen LogP contribution in [-0.4, -0.2) is 8.41 Å². The van der Waals surface area contributed by atoms with Crippen molar-refractivity contribution in [3.63, 3.8) is 0 Å². The van der Waals surface area contributed by atoms with Gasteiger partial charge < -0.3 is 0 Å². The minimum absolute atomic E-state index is 0. The molecule has 0 aliphatic rings. The van der Waals surface area contributed by atoms with Crippen molar-refractivity contribution in [2.45, 2.75) is 0 Å². The van der Waals surface area contributed by atoms with E-state index in [4.69, 9.17) is 16.5 Å². The van der Waals surface area contributed by atoms with E-state index >= 15 is 0 Å². The van der Waals surface area contributed by atoms with Crippen molar-refractivity contribution < 1.29 is 22.1 Å². The fraction of sp³-hybridized carbons (Fsp3) is 0. The molecule has 4 heavy (non-hydrogen) atoms. The third-order valence-corrected chi connectivity index (χ3v) is 0. The third-order valence-electron chi connectivity index (χ3n) is 0. The maximum absolute atomic E-state index is 4.99. The van der Waals surface area contributed by atoms with Gasteiger partial charge in [-0.3, -0.25) is 0 Å². The Morgan fingerprint density at radius 2 is 1.25 bits per heavy atom. The molecule has 0 heterocycles. The van der Waals surface area contributed by atoms with Crippen LogP contribution in [0, 0.1) is 0 Å². The summed E-state index contributed by atoms with van der Waals surface area (Å²) < 4.78 is 0. The Labute approximate surface area is 46.7 Å². The van der Waals surface area contributed by atoms with Gasteiger partial charge in [-0.25, -0.2) is 0 Å². The number of rotatable bonds is 0. The predicted molar refractivity (Wildman–Crippen MR) is 17.5 cm³/mol. The van der Waals surface area contributed by atoms with Crippen LogP contribution in [0.15, 0.2) is 0 Å². The van der Waals surface area contributed by atoms with E-state index in [1.54, 1.807) is 0 Å². The Morgan fingerprint density at radius 3 is 1.25 bits per heavy atom. The summed E-state index contributed by atoms with van der Waals surface area (Å²) >= 11 is -1.14. The molecule has 0 aromatic heterocycles. The summed E-state index contributed by atoms with van der Waals surface area (Å²) in [5, 5.41) is 0. The number of hydrogen-bond acceptors (Lipinski definition) is 0. The summed E-state index contributed by atoms with van der Waals surface area (Å²) in [6.45, 7) is 0. The van der Waals surface area contributed by atoms with Crippen LogP contribution in [0.3, 0.4) is 0 Å². The molecule has 0 rings (SSSR count). The molecule has 0 fully saturated rings. The molecule has 0 nitrogen and oxygen atoms in total. The predicted octanol–water partition coefficient (Wildman–Crippen LogP) is 0.996. The molecule has 0 spiro atoms. The molecule has 0 aliphatic carbocycles. The second-order valence-corrected chi connectivity index (χ2v) is 7.98. The van der Waals surface area contributed by atoms with Crippen molar-refractivity contribution in [3.05, 3.63) is 0 Å². The van der Waals surface area contributed by atoms with Gasteiger partial charge in [0.25, 0.3) is 0 Å². The molecular formula is BCl2Hg. The van der Waals surface area contributed by atoms with Crippen LogP contribution < -0.4 is 0 Å². The van der Waals surface area contributed by atoms with Crippen molar-refractivity contribution in [2.24, 2.45) is 0 Å². The Kier molecular flexibility index (Phi) is 20.1. The summed E-state index contributed by atoms with van der Waals surface area (Å²) in [5.41, 5.74) is 0. The van der Waals surface area contributed by atoms with Crippen molar-refractivity contribution in [1.82, 2.24) is 0 Å². The quantitative estimate of drug-likeness (QED) is 0.581. The topological polar surface area (TPSA) is 0 Å². The minimum atomic E-state index is -1.14. The van der Waals surface area contributed by atoms with E-state index in [9.17, 15) is 0 Å². The fourth-order valence-corrected chi connectivity index (χ4v) is 0. The molecule has 3 radical (unpaired) electrons. The van der Waals surface area contributed by atoms with Gasteiger partial charge in [0, 0.05) is 8.41 Å². The summed E-state index contributed by atoms with van der Waals surface area (Å²) in [6, 6.07) is 0. The van der Waals surface area contributed by atoms with E-state index in [-0.39, 0.29) is 8.41 Å². The Balaban J connectivity index is 0. The molecule has 19 valence electrons. The van der Waals surface area contributed by atoms with E-state index in [1.807, 2.05) is 0 Å². The number of hydrogen-bond donors (Lipinski definition) is 0. The fourth-order valence-electron chi connectivity index (χ4n) is 0. The van der Waals surface area contributed by atoms with Gasteiger partial charge in [0.1, 0.15) is 0 Å². The van der Waals surface area contributed by atoms with Crippen LogP contribution in [0.25, 0.3) is 0 Å². The van der Waals surface area contributed by atoms with E-state index in [0.29, 0.717) is 0 Å². The summed E-state index contributed by atoms with van der Waals surface area (Å²) in [4.78, 5) is 0. The van der Waals surface area contributed by atoms with Gasteiger partial charge in [-0.1, -0.05) is 0 Å².